The molecule has 0 aromatic heterocycles. The van der Waals surface area contributed by atoms with Crippen LogP contribution in [0.25, 0.3) is 0 Å². The lowest BCUT2D eigenvalue weighted by molar-refractivity contribution is -0.172. The summed E-state index contributed by atoms with van der Waals surface area (Å²) in [6.07, 6.45) is 9.39. The van der Waals surface area contributed by atoms with E-state index in [1.807, 2.05) is 26.0 Å². The van der Waals surface area contributed by atoms with Crippen LogP contribution in [0.3, 0.4) is 0 Å². The van der Waals surface area contributed by atoms with Crippen molar-refractivity contribution in [2.45, 2.75) is 106 Å². The molecule has 5 aliphatic rings. The molecule has 1 N–H and O–H groups in total. The molecule has 7 atom stereocenters. The van der Waals surface area contributed by atoms with Crippen molar-refractivity contribution in [1.82, 2.24) is 5.32 Å². The van der Waals surface area contributed by atoms with E-state index in [1.165, 1.54) is 0 Å². The topological polar surface area (TPSA) is 87.0 Å². The predicted molar refractivity (Wildman–Crippen MR) is 153 cm³/mol. The minimum absolute atomic E-state index is 0.00186. The quantitative estimate of drug-likeness (QED) is 0.398. The maximum atomic E-state index is 14.5. The van der Waals surface area contributed by atoms with Crippen molar-refractivity contribution in [2.24, 2.45) is 50.2 Å². The Morgan fingerprint density at radius 3 is 2.29 bits per heavy atom. The molecule has 2 unspecified atom stereocenters. The SMILES string of the molecule is CC1(C)CC[C@]2(CNC(=O)C(C)(F)F)CC[C@]3(C)[C@H](C(=O)C=C4[C@@]5(C)C=C(C#N)C(=O)C(C)(C)C5CC[C@]43C)C2C1. The van der Waals surface area contributed by atoms with Gasteiger partial charge in [0.1, 0.15) is 6.07 Å². The highest BCUT2D eigenvalue weighted by molar-refractivity contribution is 6.04. The van der Waals surface area contributed by atoms with Crippen molar-refractivity contribution < 1.29 is 23.2 Å². The zero-order chi connectivity index (χ0) is 30.6. The van der Waals surface area contributed by atoms with Crippen LogP contribution in [0.2, 0.25) is 0 Å². The van der Waals surface area contributed by atoms with Crippen LogP contribution in [-0.2, 0) is 14.4 Å². The summed E-state index contributed by atoms with van der Waals surface area (Å²) in [4.78, 5) is 40.0. The molecular formula is C34H46F2N2O3. The number of rotatable bonds is 3. The molecule has 41 heavy (non-hydrogen) atoms. The summed E-state index contributed by atoms with van der Waals surface area (Å²) in [5, 5.41) is 12.5. The van der Waals surface area contributed by atoms with Gasteiger partial charge < -0.3 is 5.32 Å². The van der Waals surface area contributed by atoms with Gasteiger partial charge in [0.25, 0.3) is 5.91 Å². The van der Waals surface area contributed by atoms with Crippen LogP contribution in [0.1, 0.15) is 100 Å². The van der Waals surface area contributed by atoms with Crippen molar-refractivity contribution in [2.75, 3.05) is 6.54 Å². The van der Waals surface area contributed by atoms with Crippen molar-refractivity contribution in [3.05, 3.63) is 23.3 Å². The summed E-state index contributed by atoms with van der Waals surface area (Å²) in [6, 6.07) is 2.15. The summed E-state index contributed by atoms with van der Waals surface area (Å²) in [5.74, 6) is -5.11. The number of carbonyl (C=O) groups excluding carboxylic acids is 3. The molecule has 5 nitrogen and oxygen atoms in total. The monoisotopic (exact) mass is 568 g/mol. The number of hydrogen-bond donors (Lipinski definition) is 1. The van der Waals surface area contributed by atoms with Gasteiger partial charge in [-0.15, -0.1) is 0 Å². The number of hydrogen-bond acceptors (Lipinski definition) is 4. The second-order valence-electron chi connectivity index (χ2n) is 16.2. The Bertz CT molecular complexity index is 1320. The molecule has 3 fully saturated rings. The van der Waals surface area contributed by atoms with Gasteiger partial charge in [0.2, 0.25) is 0 Å². The van der Waals surface area contributed by atoms with E-state index in [0.717, 1.165) is 50.5 Å². The van der Waals surface area contributed by atoms with E-state index in [-0.39, 0.29) is 57.7 Å². The highest BCUT2D eigenvalue weighted by Crippen LogP contribution is 2.74. The molecule has 0 bridgehead atoms. The number of amides is 1. The molecule has 1 amide bonds. The van der Waals surface area contributed by atoms with Gasteiger partial charge in [-0.2, -0.15) is 14.0 Å². The molecule has 0 radical (unpaired) electrons. The van der Waals surface area contributed by atoms with Crippen molar-refractivity contribution >= 4 is 17.5 Å². The van der Waals surface area contributed by atoms with Crippen LogP contribution in [-0.4, -0.2) is 29.9 Å². The number of allylic oxidation sites excluding steroid dienone is 4. The van der Waals surface area contributed by atoms with Gasteiger partial charge in [-0.05, 0) is 84.5 Å². The van der Waals surface area contributed by atoms with Gasteiger partial charge in [-0.3, -0.25) is 14.4 Å². The van der Waals surface area contributed by atoms with Crippen LogP contribution < -0.4 is 5.32 Å². The third-order valence-corrected chi connectivity index (χ3v) is 13.0. The van der Waals surface area contributed by atoms with Gasteiger partial charge in [-0.1, -0.05) is 60.1 Å². The number of nitrogens with one attached hydrogen (secondary N) is 1. The fourth-order valence-corrected chi connectivity index (χ4v) is 10.5. The zero-order valence-electron chi connectivity index (χ0n) is 26.0. The summed E-state index contributed by atoms with van der Waals surface area (Å²) in [6.45, 7) is 15.8. The first kappa shape index (κ1) is 30.1. The van der Waals surface area contributed by atoms with E-state index >= 15 is 0 Å². The number of ketones is 2. The Hall–Kier alpha value is -2.36. The van der Waals surface area contributed by atoms with E-state index in [2.05, 4.69) is 46.0 Å². The molecule has 0 aromatic rings. The Morgan fingerprint density at radius 2 is 1.68 bits per heavy atom. The standard InChI is InChI=1S/C34H46F2N2O3/c1-28(2)11-13-34(19-38-27(41)33(8,35)36)14-12-32(7)25(21(34)17-28)22(39)15-24-30(5)16-20(18-37)26(40)29(3,4)23(30)9-10-31(24,32)6/h15-16,21,23,25H,9-14,17,19H2,1-8H3,(H,38,41)/t21?,23?,25-,30-,31+,32+,34+/m0/s1. The Kier molecular flexibility index (Phi) is 6.49. The van der Waals surface area contributed by atoms with Crippen molar-refractivity contribution in [3.63, 3.8) is 0 Å². The minimum atomic E-state index is -3.45. The third kappa shape index (κ3) is 4.05. The lowest BCUT2D eigenvalue weighted by Crippen LogP contribution is -2.66. The van der Waals surface area contributed by atoms with Crippen molar-refractivity contribution in [3.8, 4) is 6.07 Å². The molecule has 3 saturated carbocycles. The molecule has 0 spiro atoms. The van der Waals surface area contributed by atoms with Crippen molar-refractivity contribution in [1.29, 1.82) is 5.26 Å². The molecule has 224 valence electrons. The normalized spacial score (nSPS) is 42.8. The predicted octanol–water partition coefficient (Wildman–Crippen LogP) is 6.98. The van der Waals surface area contributed by atoms with Gasteiger partial charge in [0.05, 0.1) is 5.57 Å². The van der Waals surface area contributed by atoms with Crippen LogP contribution >= 0.6 is 0 Å². The molecule has 0 aromatic carbocycles. The van der Waals surface area contributed by atoms with E-state index in [0.29, 0.717) is 6.92 Å². The zero-order valence-corrected chi connectivity index (χ0v) is 26.0. The largest absolute Gasteiger partial charge is 0.350 e. The Balaban J connectivity index is 1.62. The highest BCUT2D eigenvalue weighted by Gasteiger charge is 2.69. The van der Waals surface area contributed by atoms with Gasteiger partial charge in [-0.25, -0.2) is 0 Å². The highest BCUT2D eigenvalue weighted by atomic mass is 19.3. The molecule has 0 aliphatic heterocycles. The van der Waals surface area contributed by atoms with Crippen LogP contribution in [0.4, 0.5) is 8.78 Å². The number of halogens is 2. The maximum Gasteiger partial charge on any atom is 0.321 e. The molecule has 0 saturated heterocycles. The molecule has 5 rings (SSSR count). The smallest absolute Gasteiger partial charge is 0.321 e. The number of alkyl halides is 2. The van der Waals surface area contributed by atoms with Gasteiger partial charge >= 0.3 is 5.92 Å². The first-order valence-electron chi connectivity index (χ1n) is 15.3. The second kappa shape index (κ2) is 8.83. The second-order valence-corrected chi connectivity index (χ2v) is 16.2. The average Bonchev–Trinajstić information content (AvgIpc) is 2.86. The van der Waals surface area contributed by atoms with Gasteiger partial charge in [0.15, 0.2) is 11.6 Å². The number of fused-ring (bicyclic) bond motifs is 7. The molecule has 7 heteroatoms. The Morgan fingerprint density at radius 1 is 1.05 bits per heavy atom. The first-order chi connectivity index (χ1) is 18.7. The molecule has 5 aliphatic carbocycles. The first-order valence-corrected chi connectivity index (χ1v) is 15.3. The number of carbonyl (C=O) groups is 3. The maximum absolute atomic E-state index is 14.5. The fourth-order valence-electron chi connectivity index (χ4n) is 10.5. The van der Waals surface area contributed by atoms with E-state index in [4.69, 9.17) is 0 Å². The molecular weight excluding hydrogens is 522 g/mol. The lowest BCUT2D eigenvalue weighted by Gasteiger charge is -2.69. The van der Waals surface area contributed by atoms with Gasteiger partial charge in [0, 0.05) is 30.2 Å². The fraction of sp³-hybridized carbons (Fsp3) is 0.765. The van der Waals surface area contributed by atoms with Crippen LogP contribution in [0.15, 0.2) is 23.3 Å². The summed E-state index contributed by atoms with van der Waals surface area (Å²) < 4.78 is 27.7. The Labute approximate surface area is 243 Å². The summed E-state index contributed by atoms with van der Waals surface area (Å²) in [5.41, 5.74) is -1.22. The summed E-state index contributed by atoms with van der Waals surface area (Å²) >= 11 is 0. The minimum Gasteiger partial charge on any atom is -0.350 e. The van der Waals surface area contributed by atoms with Crippen LogP contribution in [0.5, 0.6) is 0 Å². The van der Waals surface area contributed by atoms with E-state index < -0.39 is 28.1 Å². The van der Waals surface area contributed by atoms with E-state index in [1.54, 1.807) is 0 Å². The number of nitrogens with zero attached hydrogens (tertiary/aromatic N) is 1. The number of nitriles is 1. The average molecular weight is 569 g/mol. The summed E-state index contributed by atoms with van der Waals surface area (Å²) in [7, 11) is 0. The number of Topliss-reactive ketones (excluding diaryl/α,β-unsaturated/α-hetero) is 1. The lowest BCUT2D eigenvalue weighted by atomic mass is 9.34. The van der Waals surface area contributed by atoms with Crippen LogP contribution in [0, 0.1) is 61.6 Å². The third-order valence-electron chi connectivity index (χ3n) is 13.0. The van der Waals surface area contributed by atoms with E-state index in [9.17, 15) is 28.4 Å². The molecule has 0 heterocycles.